The van der Waals surface area contributed by atoms with Gasteiger partial charge in [0.25, 0.3) is 5.95 Å². The molecule has 1 aliphatic heterocycles. The van der Waals surface area contributed by atoms with E-state index in [1.165, 1.54) is 0 Å². The maximum atomic E-state index is 12.8. The molecule has 0 saturated carbocycles. The first-order chi connectivity index (χ1) is 16.5. The van der Waals surface area contributed by atoms with Crippen molar-refractivity contribution in [3.63, 3.8) is 0 Å². The van der Waals surface area contributed by atoms with Crippen LogP contribution in [0.4, 0.5) is 5.82 Å². The Morgan fingerprint density at radius 2 is 1.76 bits per heavy atom. The number of rotatable bonds is 5. The number of amides is 1. The smallest absolute Gasteiger partial charge is 0.252 e. The van der Waals surface area contributed by atoms with Gasteiger partial charge in [0.2, 0.25) is 5.91 Å². The number of thioether (sulfide) groups is 1. The molecule has 1 unspecified atom stereocenters. The van der Waals surface area contributed by atoms with E-state index in [2.05, 4.69) is 27.4 Å². The molecule has 1 aliphatic rings. The highest BCUT2D eigenvalue weighted by molar-refractivity contribution is 8.00. The number of benzene rings is 2. The molecule has 2 aromatic carbocycles. The summed E-state index contributed by atoms with van der Waals surface area (Å²) in [6.45, 7) is 6.43. The lowest BCUT2D eigenvalue weighted by Gasteiger charge is -2.17. The fourth-order valence-electron chi connectivity index (χ4n) is 4.13. The van der Waals surface area contributed by atoms with Crippen molar-refractivity contribution in [2.24, 2.45) is 0 Å². The summed E-state index contributed by atoms with van der Waals surface area (Å²) in [6.07, 6.45) is 0. The van der Waals surface area contributed by atoms with Gasteiger partial charge in [-0.2, -0.15) is 9.78 Å². The summed E-state index contributed by atoms with van der Waals surface area (Å²) in [6, 6.07) is 20.0. The Hall–Kier alpha value is -3.65. The summed E-state index contributed by atoms with van der Waals surface area (Å²) in [5.74, 6) is 2.12. The maximum Gasteiger partial charge on any atom is 0.252 e. The standard InChI is InChI=1S/C26H25N5O2S/c1-4-33-20-12-10-19(11-13-20)24-22-23(18-8-6-5-7-9-18)30-31(25(22)29-21(32)15-34-24)26-27-16(2)14-17(3)28-26/h5-14,24H,4,15H2,1-3H3,(H,29,32). The fourth-order valence-corrected chi connectivity index (χ4v) is 5.26. The molecule has 0 bridgehead atoms. The third kappa shape index (κ3) is 4.28. The second-order valence-corrected chi connectivity index (χ2v) is 9.17. The molecule has 0 radical (unpaired) electrons. The van der Waals surface area contributed by atoms with Crippen LogP contribution >= 0.6 is 11.8 Å². The van der Waals surface area contributed by atoms with Crippen LogP contribution in [-0.4, -0.2) is 38.0 Å². The minimum Gasteiger partial charge on any atom is -0.494 e. The predicted octanol–water partition coefficient (Wildman–Crippen LogP) is 5.12. The number of fused-ring (bicyclic) bond motifs is 1. The van der Waals surface area contributed by atoms with Gasteiger partial charge < -0.3 is 10.1 Å². The molecule has 34 heavy (non-hydrogen) atoms. The fraction of sp³-hybridized carbons (Fsp3) is 0.231. The van der Waals surface area contributed by atoms with Crippen LogP contribution in [0.5, 0.6) is 5.75 Å². The molecule has 1 atom stereocenters. The van der Waals surface area contributed by atoms with E-state index < -0.39 is 0 Å². The van der Waals surface area contributed by atoms with E-state index in [4.69, 9.17) is 9.84 Å². The van der Waals surface area contributed by atoms with E-state index >= 15 is 0 Å². The van der Waals surface area contributed by atoms with Crippen molar-refractivity contribution in [1.29, 1.82) is 0 Å². The van der Waals surface area contributed by atoms with E-state index in [9.17, 15) is 4.79 Å². The van der Waals surface area contributed by atoms with Crippen LogP contribution < -0.4 is 10.1 Å². The Kier molecular flexibility index (Phi) is 6.06. The average molecular weight is 472 g/mol. The molecule has 7 nitrogen and oxygen atoms in total. The van der Waals surface area contributed by atoms with Crippen molar-refractivity contribution in [3.8, 4) is 23.0 Å². The van der Waals surface area contributed by atoms with Crippen LogP contribution in [0.2, 0.25) is 0 Å². The summed E-state index contributed by atoms with van der Waals surface area (Å²) in [5, 5.41) is 7.93. The molecule has 5 rings (SSSR count). The Morgan fingerprint density at radius 1 is 1.06 bits per heavy atom. The first-order valence-corrected chi connectivity index (χ1v) is 12.2. The van der Waals surface area contributed by atoms with Crippen molar-refractivity contribution >= 4 is 23.5 Å². The van der Waals surface area contributed by atoms with Crippen LogP contribution in [0.3, 0.4) is 0 Å². The molecular formula is C26H25N5O2S. The number of anilines is 1. The number of aromatic nitrogens is 4. The monoisotopic (exact) mass is 471 g/mol. The van der Waals surface area contributed by atoms with Gasteiger partial charge in [0.15, 0.2) is 0 Å². The Morgan fingerprint density at radius 3 is 2.44 bits per heavy atom. The van der Waals surface area contributed by atoms with Crippen LogP contribution in [0.1, 0.15) is 34.7 Å². The van der Waals surface area contributed by atoms with E-state index in [0.717, 1.165) is 39.5 Å². The molecule has 1 N–H and O–H groups in total. The first kappa shape index (κ1) is 22.2. The Labute approximate surface area is 202 Å². The van der Waals surface area contributed by atoms with Crippen molar-refractivity contribution in [2.75, 3.05) is 17.7 Å². The normalized spacial score (nSPS) is 15.4. The maximum absolute atomic E-state index is 12.8. The number of ether oxygens (including phenoxy) is 1. The molecule has 8 heteroatoms. The number of hydrogen-bond acceptors (Lipinski definition) is 6. The average Bonchev–Trinajstić information content (AvgIpc) is 3.10. The zero-order valence-electron chi connectivity index (χ0n) is 19.3. The van der Waals surface area contributed by atoms with Crippen molar-refractivity contribution in [3.05, 3.63) is 83.2 Å². The zero-order chi connectivity index (χ0) is 23.7. The summed E-state index contributed by atoms with van der Waals surface area (Å²) in [5.41, 5.74) is 5.45. The van der Waals surface area contributed by atoms with Crippen LogP contribution in [0.15, 0.2) is 60.7 Å². The zero-order valence-corrected chi connectivity index (χ0v) is 20.1. The SMILES string of the molecule is CCOc1ccc(C2SCC(=O)Nc3c2c(-c2ccccc2)nn3-c2nc(C)cc(C)n2)cc1. The van der Waals surface area contributed by atoms with Gasteiger partial charge in [0, 0.05) is 22.5 Å². The highest BCUT2D eigenvalue weighted by Gasteiger charge is 2.33. The molecule has 0 spiro atoms. The van der Waals surface area contributed by atoms with Gasteiger partial charge >= 0.3 is 0 Å². The predicted molar refractivity (Wildman–Crippen MR) is 135 cm³/mol. The lowest BCUT2D eigenvalue weighted by molar-refractivity contribution is -0.113. The van der Waals surface area contributed by atoms with Crippen molar-refractivity contribution < 1.29 is 9.53 Å². The van der Waals surface area contributed by atoms with Crippen LogP contribution in [0.25, 0.3) is 17.2 Å². The number of carbonyl (C=O) groups excluding carboxylic acids is 1. The van der Waals surface area contributed by atoms with E-state index in [0.29, 0.717) is 24.1 Å². The summed E-state index contributed by atoms with van der Waals surface area (Å²) in [4.78, 5) is 22.0. The van der Waals surface area contributed by atoms with E-state index in [1.807, 2.05) is 69.3 Å². The molecule has 4 aromatic rings. The van der Waals surface area contributed by atoms with Gasteiger partial charge in [-0.15, -0.1) is 11.8 Å². The number of nitrogens with one attached hydrogen (secondary N) is 1. The molecular weight excluding hydrogens is 446 g/mol. The molecule has 0 fully saturated rings. The van der Waals surface area contributed by atoms with Crippen molar-refractivity contribution in [2.45, 2.75) is 26.0 Å². The number of carbonyl (C=O) groups is 1. The lowest BCUT2D eigenvalue weighted by Crippen LogP contribution is -2.17. The highest BCUT2D eigenvalue weighted by atomic mass is 32.2. The Balaban J connectivity index is 1.74. The quantitative estimate of drug-likeness (QED) is 0.435. The summed E-state index contributed by atoms with van der Waals surface area (Å²) < 4.78 is 7.30. The topological polar surface area (TPSA) is 81.9 Å². The third-order valence-corrected chi connectivity index (χ3v) is 6.79. The van der Waals surface area contributed by atoms with Gasteiger partial charge in [-0.25, -0.2) is 9.97 Å². The summed E-state index contributed by atoms with van der Waals surface area (Å²) in [7, 11) is 0. The third-order valence-electron chi connectivity index (χ3n) is 5.52. The molecule has 3 heterocycles. The van der Waals surface area contributed by atoms with Gasteiger partial charge in [0.1, 0.15) is 11.6 Å². The molecule has 1 amide bonds. The van der Waals surface area contributed by atoms with Gasteiger partial charge in [-0.3, -0.25) is 4.79 Å². The summed E-state index contributed by atoms with van der Waals surface area (Å²) >= 11 is 1.58. The minimum absolute atomic E-state index is 0.0789. The second kappa shape index (κ2) is 9.30. The largest absolute Gasteiger partial charge is 0.494 e. The van der Waals surface area contributed by atoms with Gasteiger partial charge in [0.05, 0.1) is 23.3 Å². The minimum atomic E-state index is -0.112. The van der Waals surface area contributed by atoms with E-state index in [-0.39, 0.29) is 11.2 Å². The van der Waals surface area contributed by atoms with E-state index in [1.54, 1.807) is 16.4 Å². The van der Waals surface area contributed by atoms with Crippen molar-refractivity contribution in [1.82, 2.24) is 19.7 Å². The number of aryl methyl sites for hydroxylation is 2. The molecule has 172 valence electrons. The number of hydrogen-bond donors (Lipinski definition) is 1. The Bertz CT molecular complexity index is 1320. The highest BCUT2D eigenvalue weighted by Crippen LogP contribution is 2.46. The van der Waals surface area contributed by atoms with Gasteiger partial charge in [-0.1, -0.05) is 42.5 Å². The first-order valence-electron chi connectivity index (χ1n) is 11.2. The number of nitrogens with zero attached hydrogens (tertiary/aromatic N) is 4. The lowest BCUT2D eigenvalue weighted by atomic mass is 10.00. The van der Waals surface area contributed by atoms with Crippen LogP contribution in [-0.2, 0) is 4.79 Å². The molecule has 0 saturated heterocycles. The molecule has 0 aliphatic carbocycles. The second-order valence-electron chi connectivity index (χ2n) is 8.08. The van der Waals surface area contributed by atoms with Gasteiger partial charge in [-0.05, 0) is 44.5 Å². The molecule has 2 aromatic heterocycles. The van der Waals surface area contributed by atoms with Crippen LogP contribution in [0, 0.1) is 13.8 Å².